The van der Waals surface area contributed by atoms with Gasteiger partial charge in [-0.1, -0.05) is 20.8 Å². The third kappa shape index (κ3) is 5.65. The van der Waals surface area contributed by atoms with E-state index in [0.29, 0.717) is 18.6 Å². The predicted molar refractivity (Wildman–Crippen MR) is 74.8 cm³/mol. The predicted octanol–water partition coefficient (Wildman–Crippen LogP) is 0.951. The van der Waals surface area contributed by atoms with Crippen LogP contribution in [0.15, 0.2) is 0 Å². The Labute approximate surface area is 112 Å². The number of hydrogen-bond donors (Lipinski definition) is 2. The first-order chi connectivity index (χ1) is 8.43. The zero-order chi connectivity index (χ0) is 13.6. The van der Waals surface area contributed by atoms with E-state index in [9.17, 15) is 5.11 Å². The fraction of sp³-hybridized carbons (Fsp3) is 1.00. The van der Waals surface area contributed by atoms with Gasteiger partial charge < -0.3 is 20.1 Å². The van der Waals surface area contributed by atoms with Crippen molar-refractivity contribution < 1.29 is 9.84 Å². The summed E-state index contributed by atoms with van der Waals surface area (Å²) in [6.45, 7) is 12.1. The summed E-state index contributed by atoms with van der Waals surface area (Å²) < 4.78 is 4.95. The van der Waals surface area contributed by atoms with Crippen LogP contribution in [0.4, 0.5) is 0 Å². The van der Waals surface area contributed by atoms with Gasteiger partial charge in [-0.3, -0.25) is 0 Å². The number of nitrogens with zero attached hydrogens (tertiary/aromatic N) is 1. The molecule has 4 heteroatoms. The second-order valence-electron chi connectivity index (χ2n) is 6.46. The van der Waals surface area contributed by atoms with Crippen LogP contribution in [0.3, 0.4) is 0 Å². The van der Waals surface area contributed by atoms with Crippen molar-refractivity contribution >= 4 is 0 Å². The number of hydrogen-bond acceptors (Lipinski definition) is 4. The molecule has 0 spiro atoms. The van der Waals surface area contributed by atoms with Crippen molar-refractivity contribution in [2.45, 2.75) is 33.3 Å². The summed E-state index contributed by atoms with van der Waals surface area (Å²) in [6, 6.07) is 0. The van der Waals surface area contributed by atoms with E-state index < -0.39 is 0 Å². The van der Waals surface area contributed by atoms with Crippen molar-refractivity contribution in [3.63, 3.8) is 0 Å². The van der Waals surface area contributed by atoms with Crippen molar-refractivity contribution in [1.29, 1.82) is 0 Å². The van der Waals surface area contributed by atoms with E-state index in [1.54, 1.807) is 7.11 Å². The summed E-state index contributed by atoms with van der Waals surface area (Å²) in [5, 5.41) is 13.2. The number of aliphatic hydroxyl groups excluding tert-OH is 1. The fourth-order valence-electron chi connectivity index (χ4n) is 2.51. The molecule has 1 aliphatic rings. The second kappa shape index (κ2) is 7.43. The fourth-order valence-corrected chi connectivity index (χ4v) is 2.51. The summed E-state index contributed by atoms with van der Waals surface area (Å²) in [5.74, 6) is 0.756. The Bertz CT molecular complexity index is 228. The smallest absolute Gasteiger partial charge is 0.0791 e. The summed E-state index contributed by atoms with van der Waals surface area (Å²) in [7, 11) is 1.69. The molecular formula is C14H30N2O2. The minimum atomic E-state index is -0.277. The van der Waals surface area contributed by atoms with E-state index in [1.165, 1.54) is 6.42 Å². The van der Waals surface area contributed by atoms with E-state index in [0.717, 1.165) is 32.1 Å². The van der Waals surface area contributed by atoms with Crippen LogP contribution in [0.25, 0.3) is 0 Å². The Balaban J connectivity index is 2.16. The molecule has 1 heterocycles. The third-order valence-electron chi connectivity index (χ3n) is 3.83. The molecule has 0 aliphatic carbocycles. The molecule has 108 valence electrons. The first kappa shape index (κ1) is 15.9. The Morgan fingerprint density at radius 2 is 2.17 bits per heavy atom. The SMILES string of the molecule is COCCNCC(O)CN1CCC(C(C)(C)C)C1. The van der Waals surface area contributed by atoms with Gasteiger partial charge in [0.2, 0.25) is 0 Å². The highest BCUT2D eigenvalue weighted by Crippen LogP contribution is 2.33. The Morgan fingerprint density at radius 1 is 1.44 bits per heavy atom. The molecule has 0 saturated carbocycles. The summed E-state index contributed by atoms with van der Waals surface area (Å²) in [5.41, 5.74) is 0.385. The maximum atomic E-state index is 9.95. The van der Waals surface area contributed by atoms with Crippen molar-refractivity contribution in [2.24, 2.45) is 11.3 Å². The monoisotopic (exact) mass is 258 g/mol. The molecule has 4 nitrogen and oxygen atoms in total. The van der Waals surface area contributed by atoms with Crippen LogP contribution in [0.2, 0.25) is 0 Å². The van der Waals surface area contributed by atoms with Crippen molar-refractivity contribution in [3.8, 4) is 0 Å². The summed E-state index contributed by atoms with van der Waals surface area (Å²) in [4.78, 5) is 2.39. The lowest BCUT2D eigenvalue weighted by molar-refractivity contribution is 0.113. The lowest BCUT2D eigenvalue weighted by atomic mass is 9.80. The van der Waals surface area contributed by atoms with E-state index in [1.807, 2.05) is 0 Å². The number of nitrogens with one attached hydrogen (secondary N) is 1. The number of likely N-dealkylation sites (tertiary alicyclic amines) is 1. The van der Waals surface area contributed by atoms with Gasteiger partial charge in [0.15, 0.2) is 0 Å². The molecule has 0 aromatic rings. The number of aliphatic hydroxyl groups is 1. The average Bonchev–Trinajstić information content (AvgIpc) is 2.72. The minimum Gasteiger partial charge on any atom is -0.390 e. The molecule has 18 heavy (non-hydrogen) atoms. The van der Waals surface area contributed by atoms with Crippen LogP contribution in [0, 0.1) is 11.3 Å². The van der Waals surface area contributed by atoms with Crippen LogP contribution >= 0.6 is 0 Å². The molecule has 1 fully saturated rings. The van der Waals surface area contributed by atoms with Crippen molar-refractivity contribution in [2.75, 3.05) is 46.4 Å². The highest BCUT2D eigenvalue weighted by Gasteiger charge is 2.32. The van der Waals surface area contributed by atoms with Gasteiger partial charge in [-0.25, -0.2) is 0 Å². The zero-order valence-electron chi connectivity index (χ0n) is 12.4. The molecule has 1 aliphatic heterocycles. The molecule has 0 radical (unpaired) electrons. The topological polar surface area (TPSA) is 44.7 Å². The van der Waals surface area contributed by atoms with Crippen LogP contribution < -0.4 is 5.32 Å². The first-order valence-electron chi connectivity index (χ1n) is 7.03. The zero-order valence-corrected chi connectivity index (χ0v) is 12.4. The molecule has 1 rings (SSSR count). The van der Waals surface area contributed by atoms with Gasteiger partial charge in [0.05, 0.1) is 12.7 Å². The maximum absolute atomic E-state index is 9.95. The van der Waals surface area contributed by atoms with Crippen LogP contribution in [-0.4, -0.2) is 62.6 Å². The molecule has 0 amide bonds. The first-order valence-corrected chi connectivity index (χ1v) is 7.03. The van der Waals surface area contributed by atoms with Gasteiger partial charge in [0.25, 0.3) is 0 Å². The Kier molecular flexibility index (Phi) is 6.57. The van der Waals surface area contributed by atoms with Crippen molar-refractivity contribution in [3.05, 3.63) is 0 Å². The van der Waals surface area contributed by atoms with Crippen molar-refractivity contribution in [1.82, 2.24) is 10.2 Å². The number of β-amino-alcohol motifs (C(OH)–C–C–N with tert-alkyl or cyclic N) is 1. The average molecular weight is 258 g/mol. The number of rotatable bonds is 7. The molecule has 0 aromatic carbocycles. The maximum Gasteiger partial charge on any atom is 0.0791 e. The lowest BCUT2D eigenvalue weighted by Gasteiger charge is -2.27. The van der Waals surface area contributed by atoms with Gasteiger partial charge in [0, 0.05) is 33.3 Å². The molecule has 2 atom stereocenters. The number of ether oxygens (including phenoxy) is 1. The van der Waals surface area contributed by atoms with Crippen LogP contribution in [-0.2, 0) is 4.74 Å². The van der Waals surface area contributed by atoms with Gasteiger partial charge in [-0.05, 0) is 24.3 Å². The van der Waals surface area contributed by atoms with Crippen LogP contribution in [0.5, 0.6) is 0 Å². The molecule has 0 bridgehead atoms. The quantitative estimate of drug-likeness (QED) is 0.668. The molecule has 2 unspecified atom stereocenters. The standard InChI is InChI=1S/C14H30N2O2/c1-14(2,3)12-5-7-16(10-12)11-13(17)9-15-6-8-18-4/h12-13,15,17H,5-11H2,1-4H3. The highest BCUT2D eigenvalue weighted by atomic mass is 16.5. The highest BCUT2D eigenvalue weighted by molar-refractivity contribution is 4.84. The van der Waals surface area contributed by atoms with Gasteiger partial charge in [-0.15, -0.1) is 0 Å². The largest absolute Gasteiger partial charge is 0.390 e. The van der Waals surface area contributed by atoms with E-state index in [-0.39, 0.29) is 6.10 Å². The second-order valence-corrected chi connectivity index (χ2v) is 6.46. The van der Waals surface area contributed by atoms with Gasteiger partial charge in [-0.2, -0.15) is 0 Å². The minimum absolute atomic E-state index is 0.277. The summed E-state index contributed by atoms with van der Waals surface area (Å²) >= 11 is 0. The molecule has 1 saturated heterocycles. The number of methoxy groups -OCH3 is 1. The van der Waals surface area contributed by atoms with E-state index >= 15 is 0 Å². The van der Waals surface area contributed by atoms with Crippen LogP contribution in [0.1, 0.15) is 27.2 Å². The third-order valence-corrected chi connectivity index (χ3v) is 3.83. The van der Waals surface area contributed by atoms with Gasteiger partial charge >= 0.3 is 0 Å². The Hall–Kier alpha value is -0.160. The Morgan fingerprint density at radius 3 is 2.72 bits per heavy atom. The molecule has 2 N–H and O–H groups in total. The van der Waals surface area contributed by atoms with E-state index in [2.05, 4.69) is 31.0 Å². The molecular weight excluding hydrogens is 228 g/mol. The molecule has 0 aromatic heterocycles. The van der Waals surface area contributed by atoms with E-state index in [4.69, 9.17) is 4.74 Å². The summed E-state index contributed by atoms with van der Waals surface area (Å²) in [6.07, 6.45) is 0.980. The normalized spacial score (nSPS) is 23.5. The van der Waals surface area contributed by atoms with Gasteiger partial charge in [0.1, 0.15) is 0 Å². The lowest BCUT2D eigenvalue weighted by Crippen LogP contribution is -2.38.